The van der Waals surface area contributed by atoms with Crippen LogP contribution in [-0.4, -0.2) is 21.9 Å². The summed E-state index contributed by atoms with van der Waals surface area (Å²) >= 11 is 1.44. The van der Waals surface area contributed by atoms with Gasteiger partial charge in [0.25, 0.3) is 0 Å². The second-order valence-corrected chi connectivity index (χ2v) is 7.20. The second kappa shape index (κ2) is 7.23. The van der Waals surface area contributed by atoms with Gasteiger partial charge in [0.1, 0.15) is 5.03 Å². The highest BCUT2D eigenvalue weighted by molar-refractivity contribution is 8.00. The van der Waals surface area contributed by atoms with E-state index in [1.165, 1.54) is 22.9 Å². The Morgan fingerprint density at radius 1 is 1.16 bits per heavy atom. The molecule has 1 N–H and O–H groups in total. The maximum Gasteiger partial charge on any atom is 0.230 e. The summed E-state index contributed by atoms with van der Waals surface area (Å²) in [7, 11) is 0. The van der Waals surface area contributed by atoms with Gasteiger partial charge in [-0.25, -0.2) is 0 Å². The Kier molecular flexibility index (Phi) is 4.65. The molecule has 1 heterocycles. The highest BCUT2D eigenvalue weighted by atomic mass is 32.2. The number of aromatic nitrogens is 2. The summed E-state index contributed by atoms with van der Waals surface area (Å²) in [5.74, 6) is 0.392. The fraction of sp³-hybridized carbons (Fsp3) is 0.250. The molecule has 4 rings (SSSR count). The average molecular weight is 349 g/mol. The predicted molar refractivity (Wildman–Crippen MR) is 101 cm³/mol. The first-order valence-corrected chi connectivity index (χ1v) is 9.50. The van der Waals surface area contributed by atoms with Crippen LogP contribution < -0.4 is 5.32 Å². The molecule has 5 heteroatoms. The number of carbonyl (C=O) groups excluding carboxylic acids is 1. The van der Waals surface area contributed by atoms with E-state index in [1.54, 1.807) is 6.20 Å². The molecule has 25 heavy (non-hydrogen) atoms. The van der Waals surface area contributed by atoms with Gasteiger partial charge in [-0.05, 0) is 30.4 Å². The van der Waals surface area contributed by atoms with Crippen LogP contribution in [0.1, 0.15) is 30.0 Å². The molecule has 1 atom stereocenters. The zero-order valence-corrected chi connectivity index (χ0v) is 14.6. The van der Waals surface area contributed by atoms with Crippen molar-refractivity contribution >= 4 is 28.4 Å². The third-order valence-corrected chi connectivity index (χ3v) is 5.56. The van der Waals surface area contributed by atoms with Crippen molar-refractivity contribution in [2.24, 2.45) is 0 Å². The van der Waals surface area contributed by atoms with Gasteiger partial charge >= 0.3 is 0 Å². The van der Waals surface area contributed by atoms with Crippen molar-refractivity contribution in [2.75, 3.05) is 5.75 Å². The van der Waals surface area contributed by atoms with E-state index in [0.29, 0.717) is 5.75 Å². The smallest absolute Gasteiger partial charge is 0.230 e. The molecule has 1 aliphatic carbocycles. The van der Waals surface area contributed by atoms with E-state index < -0.39 is 0 Å². The topological polar surface area (TPSA) is 54.9 Å². The summed E-state index contributed by atoms with van der Waals surface area (Å²) in [5, 5.41) is 14.3. The molecule has 0 spiro atoms. The summed E-state index contributed by atoms with van der Waals surface area (Å²) in [6, 6.07) is 16.5. The van der Waals surface area contributed by atoms with Gasteiger partial charge in [-0.15, -0.1) is 5.10 Å². The van der Waals surface area contributed by atoms with Crippen molar-refractivity contribution < 1.29 is 4.79 Å². The van der Waals surface area contributed by atoms with Gasteiger partial charge in [-0.1, -0.05) is 60.3 Å². The minimum Gasteiger partial charge on any atom is -0.349 e. The van der Waals surface area contributed by atoms with Crippen LogP contribution in [-0.2, 0) is 11.2 Å². The normalized spacial score (nSPS) is 16.4. The number of hydrogen-bond acceptors (Lipinski definition) is 4. The van der Waals surface area contributed by atoms with Gasteiger partial charge in [0.05, 0.1) is 18.0 Å². The molecule has 4 nitrogen and oxygen atoms in total. The number of nitrogens with zero attached hydrogens (tertiary/aromatic N) is 2. The van der Waals surface area contributed by atoms with Gasteiger partial charge in [-0.3, -0.25) is 4.79 Å². The molecule has 0 saturated heterocycles. The molecule has 0 fully saturated rings. The highest BCUT2D eigenvalue weighted by Crippen LogP contribution is 2.30. The first-order chi connectivity index (χ1) is 12.3. The highest BCUT2D eigenvalue weighted by Gasteiger charge is 2.21. The minimum atomic E-state index is 0.0430. The molecule has 1 aliphatic rings. The molecule has 0 bridgehead atoms. The third-order valence-electron chi connectivity index (χ3n) is 4.58. The number of benzene rings is 2. The van der Waals surface area contributed by atoms with Crippen molar-refractivity contribution in [1.29, 1.82) is 0 Å². The van der Waals surface area contributed by atoms with E-state index in [9.17, 15) is 4.79 Å². The Balaban J connectivity index is 1.43. The number of nitrogens with one attached hydrogen (secondary N) is 1. The minimum absolute atomic E-state index is 0.0430. The molecule has 126 valence electrons. The lowest BCUT2D eigenvalue weighted by Gasteiger charge is -2.26. The van der Waals surface area contributed by atoms with Crippen LogP contribution in [0.2, 0.25) is 0 Å². The number of hydrogen-bond donors (Lipinski definition) is 1. The maximum absolute atomic E-state index is 12.5. The van der Waals surface area contributed by atoms with E-state index in [4.69, 9.17) is 0 Å². The monoisotopic (exact) mass is 349 g/mol. The van der Waals surface area contributed by atoms with Crippen LogP contribution in [0.5, 0.6) is 0 Å². The lowest BCUT2D eigenvalue weighted by molar-refractivity contribution is -0.119. The van der Waals surface area contributed by atoms with Crippen molar-refractivity contribution in [1.82, 2.24) is 15.5 Å². The fourth-order valence-corrected chi connectivity index (χ4v) is 4.18. The Bertz CT molecular complexity index is 907. The summed E-state index contributed by atoms with van der Waals surface area (Å²) in [6.07, 6.45) is 4.96. The maximum atomic E-state index is 12.5. The SMILES string of the molecule is O=C(CSc1nncc2ccccc12)N[C@@H]1CCCc2ccccc21. The van der Waals surface area contributed by atoms with E-state index in [0.717, 1.165) is 35.1 Å². The number of fused-ring (bicyclic) bond motifs is 2. The fourth-order valence-electron chi connectivity index (χ4n) is 3.38. The first kappa shape index (κ1) is 16.1. The average Bonchev–Trinajstić information content (AvgIpc) is 2.66. The number of rotatable bonds is 4. The zero-order valence-electron chi connectivity index (χ0n) is 13.8. The van der Waals surface area contributed by atoms with Crippen molar-refractivity contribution in [2.45, 2.75) is 30.3 Å². The molecule has 1 amide bonds. The predicted octanol–water partition coefficient (Wildman–Crippen LogP) is 3.92. The molecule has 0 radical (unpaired) electrons. The molecule has 2 aromatic carbocycles. The Morgan fingerprint density at radius 2 is 2.00 bits per heavy atom. The lowest BCUT2D eigenvalue weighted by atomic mass is 9.88. The molecular formula is C20H19N3OS. The molecule has 0 unspecified atom stereocenters. The first-order valence-electron chi connectivity index (χ1n) is 8.51. The van der Waals surface area contributed by atoms with Gasteiger partial charge in [0.15, 0.2) is 0 Å². The largest absolute Gasteiger partial charge is 0.349 e. The molecular weight excluding hydrogens is 330 g/mol. The van der Waals surface area contributed by atoms with E-state index >= 15 is 0 Å². The second-order valence-electron chi connectivity index (χ2n) is 6.24. The molecule has 1 aromatic heterocycles. The standard InChI is InChI=1S/C20H19N3OS/c24-19(22-18-11-5-8-14-6-1-3-9-16(14)18)13-25-20-17-10-4-2-7-15(17)12-21-23-20/h1-4,6-7,9-10,12,18H,5,8,11,13H2,(H,22,24)/t18-/m1/s1. The van der Waals surface area contributed by atoms with Crippen molar-refractivity contribution in [3.63, 3.8) is 0 Å². The molecule has 0 saturated carbocycles. The van der Waals surface area contributed by atoms with E-state index in [2.05, 4.69) is 33.7 Å². The number of aryl methyl sites for hydroxylation is 1. The van der Waals surface area contributed by atoms with Gasteiger partial charge < -0.3 is 5.32 Å². The van der Waals surface area contributed by atoms with Gasteiger partial charge in [0, 0.05) is 10.8 Å². The molecule has 3 aromatic rings. The Labute approximate surface area is 151 Å². The number of carbonyl (C=O) groups is 1. The summed E-state index contributed by atoms with van der Waals surface area (Å²) in [4.78, 5) is 12.5. The van der Waals surface area contributed by atoms with E-state index in [1.807, 2.05) is 30.3 Å². The van der Waals surface area contributed by atoms with Gasteiger partial charge in [-0.2, -0.15) is 5.10 Å². The van der Waals surface area contributed by atoms with E-state index in [-0.39, 0.29) is 11.9 Å². The van der Waals surface area contributed by atoms with Crippen molar-refractivity contribution in [3.05, 3.63) is 65.9 Å². The van der Waals surface area contributed by atoms with Gasteiger partial charge in [0.2, 0.25) is 5.91 Å². The molecule has 0 aliphatic heterocycles. The number of amides is 1. The van der Waals surface area contributed by atoms with Crippen LogP contribution in [0.25, 0.3) is 10.8 Å². The van der Waals surface area contributed by atoms with Crippen LogP contribution in [0.15, 0.2) is 59.8 Å². The van der Waals surface area contributed by atoms with Crippen LogP contribution in [0.3, 0.4) is 0 Å². The quantitative estimate of drug-likeness (QED) is 0.726. The summed E-state index contributed by atoms with van der Waals surface area (Å²) < 4.78 is 0. The number of thioether (sulfide) groups is 1. The van der Waals surface area contributed by atoms with Crippen molar-refractivity contribution in [3.8, 4) is 0 Å². The summed E-state index contributed by atoms with van der Waals surface area (Å²) in [6.45, 7) is 0. The third kappa shape index (κ3) is 3.51. The lowest BCUT2D eigenvalue weighted by Crippen LogP contribution is -2.32. The van der Waals surface area contributed by atoms with Crippen LogP contribution in [0, 0.1) is 0 Å². The van der Waals surface area contributed by atoms with Crippen LogP contribution in [0.4, 0.5) is 0 Å². The Morgan fingerprint density at radius 3 is 2.96 bits per heavy atom. The Hall–Kier alpha value is -2.40. The summed E-state index contributed by atoms with van der Waals surface area (Å²) in [5.41, 5.74) is 2.61. The zero-order chi connectivity index (χ0) is 17.1. The van der Waals surface area contributed by atoms with Crippen LogP contribution >= 0.6 is 11.8 Å².